The summed E-state index contributed by atoms with van der Waals surface area (Å²) in [5, 5.41) is 4.36. The van der Waals surface area contributed by atoms with Gasteiger partial charge >= 0.3 is 0 Å². The smallest absolute Gasteiger partial charge is 0.122 e. The number of aromatic nitrogens is 2. The fourth-order valence-corrected chi connectivity index (χ4v) is 2.78. The molecule has 0 aliphatic carbocycles. The minimum absolute atomic E-state index is 0.308. The predicted octanol–water partition coefficient (Wildman–Crippen LogP) is 3.12. The third-order valence-electron chi connectivity index (χ3n) is 3.30. The molecule has 0 fully saturated rings. The van der Waals surface area contributed by atoms with Crippen LogP contribution >= 0.6 is 15.9 Å². The van der Waals surface area contributed by atoms with Crippen LogP contribution in [-0.2, 0) is 6.54 Å². The lowest BCUT2D eigenvalue weighted by Gasteiger charge is -2.17. The van der Waals surface area contributed by atoms with Crippen molar-refractivity contribution in [2.24, 2.45) is 5.73 Å². The first-order chi connectivity index (χ1) is 10.1. The number of nitrogens with two attached hydrogens (primary N) is 1. The molecule has 2 aromatic rings. The Balaban J connectivity index is 2.44. The van der Waals surface area contributed by atoms with E-state index in [4.69, 9.17) is 15.2 Å². The third kappa shape index (κ3) is 3.39. The Morgan fingerprint density at radius 2 is 1.86 bits per heavy atom. The lowest BCUT2D eigenvalue weighted by Crippen LogP contribution is -2.18. The molecule has 114 valence electrons. The van der Waals surface area contributed by atoms with Crippen LogP contribution in [0.4, 0.5) is 0 Å². The van der Waals surface area contributed by atoms with E-state index in [0.29, 0.717) is 0 Å². The predicted molar refractivity (Wildman–Crippen MR) is 85.8 cm³/mol. The first kappa shape index (κ1) is 15.9. The number of hydrogen-bond acceptors (Lipinski definition) is 4. The Bertz CT molecular complexity index is 591. The van der Waals surface area contributed by atoms with E-state index in [2.05, 4.69) is 28.0 Å². The van der Waals surface area contributed by atoms with Crippen molar-refractivity contribution in [3.8, 4) is 11.5 Å². The van der Waals surface area contributed by atoms with E-state index in [1.165, 1.54) is 0 Å². The Morgan fingerprint density at radius 3 is 2.38 bits per heavy atom. The fraction of sp³-hybridized carbons (Fsp3) is 0.400. The number of nitrogens with zero attached hydrogens (tertiary/aromatic N) is 2. The molecule has 1 unspecified atom stereocenters. The van der Waals surface area contributed by atoms with Gasteiger partial charge in [-0.05, 0) is 40.0 Å². The third-order valence-corrected chi connectivity index (χ3v) is 3.91. The first-order valence-electron chi connectivity index (χ1n) is 6.80. The van der Waals surface area contributed by atoms with Gasteiger partial charge in [0.05, 0.1) is 36.6 Å². The summed E-state index contributed by atoms with van der Waals surface area (Å²) in [6.07, 6.45) is 2.78. The summed E-state index contributed by atoms with van der Waals surface area (Å²) in [6.45, 7) is 2.94. The minimum atomic E-state index is -0.308. The largest absolute Gasteiger partial charge is 0.497 e. The van der Waals surface area contributed by atoms with E-state index in [0.717, 1.165) is 40.2 Å². The topological polar surface area (TPSA) is 62.3 Å². The minimum Gasteiger partial charge on any atom is -0.497 e. The zero-order valence-corrected chi connectivity index (χ0v) is 14.1. The lowest BCUT2D eigenvalue weighted by molar-refractivity contribution is 0.393. The van der Waals surface area contributed by atoms with Gasteiger partial charge in [-0.2, -0.15) is 5.10 Å². The number of methoxy groups -OCH3 is 2. The summed E-state index contributed by atoms with van der Waals surface area (Å²) in [6, 6.07) is 5.36. The summed E-state index contributed by atoms with van der Waals surface area (Å²) in [7, 11) is 3.25. The molecule has 0 aliphatic rings. The molecule has 6 heteroatoms. The Hall–Kier alpha value is -1.53. The molecule has 0 spiro atoms. The molecule has 5 nitrogen and oxygen atoms in total. The normalized spacial score (nSPS) is 12.2. The standard InChI is InChI=1S/C15H20BrN3O2/c1-4-5-19-15(13(16)9-18-19)14(17)10-6-11(20-2)8-12(7-10)21-3/h6-9,14H,4-5,17H2,1-3H3. The number of hydrogen-bond donors (Lipinski definition) is 1. The average molecular weight is 354 g/mol. The van der Waals surface area contributed by atoms with Gasteiger partial charge in [-0.3, -0.25) is 4.68 Å². The van der Waals surface area contributed by atoms with Crippen LogP contribution in [0.1, 0.15) is 30.6 Å². The molecule has 1 heterocycles. The Labute approximate surface area is 133 Å². The SMILES string of the molecule is CCCn1ncc(Br)c1C(N)c1cc(OC)cc(OC)c1. The van der Waals surface area contributed by atoms with Crippen LogP contribution in [0.25, 0.3) is 0 Å². The van der Waals surface area contributed by atoms with E-state index in [9.17, 15) is 0 Å². The molecule has 0 saturated carbocycles. The van der Waals surface area contributed by atoms with Gasteiger partial charge in [0.15, 0.2) is 0 Å². The van der Waals surface area contributed by atoms with Crippen molar-refractivity contribution in [3.63, 3.8) is 0 Å². The van der Waals surface area contributed by atoms with Gasteiger partial charge in [0.1, 0.15) is 11.5 Å². The first-order valence-corrected chi connectivity index (χ1v) is 7.59. The van der Waals surface area contributed by atoms with Crippen molar-refractivity contribution in [3.05, 3.63) is 40.1 Å². The zero-order valence-electron chi connectivity index (χ0n) is 12.5. The number of halogens is 1. The van der Waals surface area contributed by atoms with Crippen molar-refractivity contribution in [1.29, 1.82) is 0 Å². The van der Waals surface area contributed by atoms with E-state index >= 15 is 0 Å². The summed E-state index contributed by atoms with van der Waals surface area (Å²) in [4.78, 5) is 0. The highest BCUT2D eigenvalue weighted by molar-refractivity contribution is 9.10. The number of benzene rings is 1. The molecule has 0 radical (unpaired) electrons. The second-order valence-corrected chi connectivity index (χ2v) is 5.58. The van der Waals surface area contributed by atoms with Crippen molar-refractivity contribution in [2.45, 2.75) is 25.9 Å². The quantitative estimate of drug-likeness (QED) is 0.866. The van der Waals surface area contributed by atoms with Gasteiger partial charge in [0, 0.05) is 12.6 Å². The van der Waals surface area contributed by atoms with Crippen LogP contribution in [0.5, 0.6) is 11.5 Å². The van der Waals surface area contributed by atoms with Gasteiger partial charge in [0.2, 0.25) is 0 Å². The molecule has 2 N–H and O–H groups in total. The highest BCUT2D eigenvalue weighted by Gasteiger charge is 2.19. The molecular formula is C15H20BrN3O2. The molecule has 2 rings (SSSR count). The van der Waals surface area contributed by atoms with Crippen molar-refractivity contribution >= 4 is 15.9 Å². The maximum absolute atomic E-state index is 6.44. The van der Waals surface area contributed by atoms with E-state index in [1.54, 1.807) is 20.4 Å². The monoisotopic (exact) mass is 353 g/mol. The number of aryl methyl sites for hydroxylation is 1. The van der Waals surface area contributed by atoms with Crippen molar-refractivity contribution in [1.82, 2.24) is 9.78 Å². The summed E-state index contributed by atoms with van der Waals surface area (Å²) in [5.74, 6) is 1.44. The van der Waals surface area contributed by atoms with Crippen LogP contribution < -0.4 is 15.2 Å². The van der Waals surface area contributed by atoms with Crippen LogP contribution in [0.15, 0.2) is 28.9 Å². The molecule has 1 atom stereocenters. The highest BCUT2D eigenvalue weighted by Crippen LogP contribution is 2.31. The average Bonchev–Trinajstić information content (AvgIpc) is 2.87. The van der Waals surface area contributed by atoms with E-state index in [1.807, 2.05) is 22.9 Å². The van der Waals surface area contributed by atoms with E-state index in [-0.39, 0.29) is 6.04 Å². The molecule has 0 amide bonds. The van der Waals surface area contributed by atoms with Gasteiger partial charge in [0.25, 0.3) is 0 Å². The molecule has 0 bridgehead atoms. The fourth-order valence-electron chi connectivity index (χ4n) is 2.24. The van der Waals surface area contributed by atoms with Crippen LogP contribution in [-0.4, -0.2) is 24.0 Å². The van der Waals surface area contributed by atoms with Gasteiger partial charge < -0.3 is 15.2 Å². The van der Waals surface area contributed by atoms with Crippen LogP contribution in [0, 0.1) is 0 Å². The van der Waals surface area contributed by atoms with Gasteiger partial charge in [-0.1, -0.05) is 6.92 Å². The molecule has 1 aromatic carbocycles. The molecular weight excluding hydrogens is 334 g/mol. The highest BCUT2D eigenvalue weighted by atomic mass is 79.9. The maximum atomic E-state index is 6.44. The lowest BCUT2D eigenvalue weighted by atomic mass is 10.0. The second kappa shape index (κ2) is 6.95. The van der Waals surface area contributed by atoms with Crippen LogP contribution in [0.2, 0.25) is 0 Å². The molecule has 21 heavy (non-hydrogen) atoms. The maximum Gasteiger partial charge on any atom is 0.122 e. The molecule has 0 saturated heterocycles. The molecule has 0 aliphatic heterocycles. The number of ether oxygens (including phenoxy) is 2. The van der Waals surface area contributed by atoms with Gasteiger partial charge in [-0.15, -0.1) is 0 Å². The summed E-state index contributed by atoms with van der Waals surface area (Å²) in [5.41, 5.74) is 8.31. The van der Waals surface area contributed by atoms with Crippen molar-refractivity contribution in [2.75, 3.05) is 14.2 Å². The van der Waals surface area contributed by atoms with Crippen molar-refractivity contribution < 1.29 is 9.47 Å². The molecule has 1 aromatic heterocycles. The van der Waals surface area contributed by atoms with Gasteiger partial charge in [-0.25, -0.2) is 0 Å². The van der Waals surface area contributed by atoms with Crippen LogP contribution in [0.3, 0.4) is 0 Å². The Kier molecular flexibility index (Phi) is 5.25. The van der Waals surface area contributed by atoms with E-state index < -0.39 is 0 Å². The Morgan fingerprint density at radius 1 is 1.24 bits per heavy atom. The second-order valence-electron chi connectivity index (χ2n) is 4.72. The summed E-state index contributed by atoms with van der Waals surface area (Å²) < 4.78 is 13.4. The number of rotatable bonds is 6. The zero-order chi connectivity index (χ0) is 15.4. The summed E-state index contributed by atoms with van der Waals surface area (Å²) >= 11 is 3.53.